The summed E-state index contributed by atoms with van der Waals surface area (Å²) in [6, 6.07) is 11.7. The van der Waals surface area contributed by atoms with E-state index in [2.05, 4.69) is 20.4 Å². The Morgan fingerprint density at radius 2 is 1.91 bits per heavy atom. The van der Waals surface area contributed by atoms with E-state index >= 15 is 0 Å². The van der Waals surface area contributed by atoms with E-state index < -0.39 is 0 Å². The number of rotatable bonds is 8. The first-order chi connectivity index (χ1) is 16.1. The Morgan fingerprint density at radius 3 is 2.55 bits per heavy atom. The Morgan fingerprint density at radius 1 is 1.12 bits per heavy atom. The maximum Gasteiger partial charge on any atom is 0.318 e. The monoisotopic (exact) mass is 452 g/mol. The third-order valence-electron chi connectivity index (χ3n) is 6.05. The number of anilines is 1. The number of nitrogens with zero attached hydrogens (tertiary/aromatic N) is 5. The van der Waals surface area contributed by atoms with Crippen molar-refractivity contribution in [3.05, 3.63) is 36.4 Å². The third-order valence-corrected chi connectivity index (χ3v) is 6.05. The van der Waals surface area contributed by atoms with Gasteiger partial charge in [0, 0.05) is 44.3 Å². The molecule has 1 saturated carbocycles. The van der Waals surface area contributed by atoms with Crippen LogP contribution in [0, 0.1) is 0 Å². The van der Waals surface area contributed by atoms with Crippen molar-refractivity contribution in [2.45, 2.75) is 32.2 Å². The molecule has 2 aromatic rings. The summed E-state index contributed by atoms with van der Waals surface area (Å²) in [5.74, 6) is 1.59. The largest absolute Gasteiger partial charge is 0.497 e. The molecule has 0 bridgehead atoms. The van der Waals surface area contributed by atoms with Crippen molar-refractivity contribution in [2.24, 2.45) is 0 Å². The van der Waals surface area contributed by atoms with Gasteiger partial charge in [0.25, 0.3) is 0 Å². The highest BCUT2D eigenvalue weighted by atomic mass is 16.5. The van der Waals surface area contributed by atoms with Crippen LogP contribution in [-0.4, -0.2) is 84.4 Å². The molecule has 1 saturated heterocycles. The summed E-state index contributed by atoms with van der Waals surface area (Å²) in [6.45, 7) is 5.38. The second-order valence-electron chi connectivity index (χ2n) is 8.47. The van der Waals surface area contributed by atoms with Gasteiger partial charge in [0.05, 0.1) is 12.8 Å². The van der Waals surface area contributed by atoms with Gasteiger partial charge in [0.15, 0.2) is 5.82 Å². The maximum atomic E-state index is 12.9. The highest BCUT2D eigenvalue weighted by Gasteiger charge is 2.35. The molecular formula is C24H32N6O3. The molecule has 9 nitrogen and oxygen atoms in total. The molecule has 2 heterocycles. The minimum absolute atomic E-state index is 0.00709. The lowest BCUT2D eigenvalue weighted by atomic mass is 10.1. The SMILES string of the molecule is CCCNC(=O)N(CC(=O)N1CCN(c2ccc(-c3cccc(OC)c3)nn2)CC1)C1CC1. The van der Waals surface area contributed by atoms with Crippen molar-refractivity contribution >= 4 is 17.8 Å². The molecule has 0 radical (unpaired) electrons. The van der Waals surface area contributed by atoms with Crippen LogP contribution in [0.4, 0.5) is 10.6 Å². The average Bonchev–Trinajstić information content (AvgIpc) is 3.71. The lowest BCUT2D eigenvalue weighted by Gasteiger charge is -2.36. The molecule has 2 aliphatic rings. The number of urea groups is 1. The van der Waals surface area contributed by atoms with E-state index in [4.69, 9.17) is 4.74 Å². The molecule has 1 aliphatic heterocycles. The summed E-state index contributed by atoms with van der Waals surface area (Å²) in [7, 11) is 1.64. The van der Waals surface area contributed by atoms with Crippen LogP contribution in [0.25, 0.3) is 11.3 Å². The number of aromatic nitrogens is 2. The normalized spacial score (nSPS) is 15.8. The van der Waals surface area contributed by atoms with Crippen LogP contribution in [0.15, 0.2) is 36.4 Å². The second-order valence-corrected chi connectivity index (χ2v) is 8.47. The smallest absolute Gasteiger partial charge is 0.318 e. The molecule has 0 spiro atoms. The summed E-state index contributed by atoms with van der Waals surface area (Å²) in [5, 5.41) is 11.7. The standard InChI is InChI=1S/C24H32N6O3/c1-3-11-25-24(32)30(19-7-8-19)17-23(31)29-14-12-28(13-15-29)22-10-9-21(26-27-22)18-5-4-6-20(16-18)33-2/h4-6,9-10,16,19H,3,7-8,11-15,17H2,1-2H3,(H,25,32). The molecule has 1 N–H and O–H groups in total. The van der Waals surface area contributed by atoms with Gasteiger partial charge in [-0.05, 0) is 43.5 Å². The topological polar surface area (TPSA) is 90.9 Å². The Bertz CT molecular complexity index is 955. The lowest BCUT2D eigenvalue weighted by Crippen LogP contribution is -2.53. The number of hydrogen-bond acceptors (Lipinski definition) is 6. The Hall–Kier alpha value is -3.36. The van der Waals surface area contributed by atoms with Gasteiger partial charge >= 0.3 is 6.03 Å². The number of methoxy groups -OCH3 is 1. The van der Waals surface area contributed by atoms with E-state index in [1.807, 2.05) is 48.2 Å². The van der Waals surface area contributed by atoms with Gasteiger partial charge in [-0.2, -0.15) is 0 Å². The number of ether oxygens (including phenoxy) is 1. The first-order valence-electron chi connectivity index (χ1n) is 11.6. The van der Waals surface area contributed by atoms with E-state index in [0.717, 1.165) is 42.1 Å². The molecule has 3 amide bonds. The number of amides is 3. The number of benzene rings is 1. The van der Waals surface area contributed by atoms with E-state index in [-0.39, 0.29) is 24.5 Å². The number of nitrogens with one attached hydrogen (secondary N) is 1. The van der Waals surface area contributed by atoms with E-state index in [0.29, 0.717) is 32.7 Å². The van der Waals surface area contributed by atoms with Gasteiger partial charge in [-0.3, -0.25) is 4.79 Å². The Kier molecular flexibility index (Phi) is 7.26. The zero-order valence-electron chi connectivity index (χ0n) is 19.4. The summed E-state index contributed by atoms with van der Waals surface area (Å²) < 4.78 is 5.28. The molecule has 1 aromatic heterocycles. The second kappa shape index (κ2) is 10.5. The molecule has 0 unspecified atom stereocenters. The zero-order chi connectivity index (χ0) is 23.2. The first-order valence-corrected chi connectivity index (χ1v) is 11.6. The summed E-state index contributed by atoms with van der Waals surface area (Å²) >= 11 is 0. The summed E-state index contributed by atoms with van der Waals surface area (Å²) in [6.07, 6.45) is 2.83. The number of piperazine rings is 1. The minimum Gasteiger partial charge on any atom is -0.497 e. The fourth-order valence-corrected chi connectivity index (χ4v) is 3.95. The molecule has 33 heavy (non-hydrogen) atoms. The van der Waals surface area contributed by atoms with Gasteiger partial charge in [-0.25, -0.2) is 4.79 Å². The van der Waals surface area contributed by atoms with Crippen molar-refractivity contribution in [1.29, 1.82) is 0 Å². The maximum absolute atomic E-state index is 12.9. The highest BCUT2D eigenvalue weighted by molar-refractivity contribution is 5.84. The lowest BCUT2D eigenvalue weighted by molar-refractivity contribution is -0.132. The van der Waals surface area contributed by atoms with Gasteiger partial charge in [0.1, 0.15) is 12.3 Å². The Balaban J connectivity index is 1.31. The van der Waals surface area contributed by atoms with Crippen LogP contribution in [0.3, 0.4) is 0 Å². The predicted octanol–water partition coefficient (Wildman–Crippen LogP) is 2.38. The van der Waals surface area contributed by atoms with Crippen LogP contribution in [-0.2, 0) is 4.79 Å². The molecule has 2 fully saturated rings. The minimum atomic E-state index is -0.127. The van der Waals surface area contributed by atoms with Crippen molar-refractivity contribution < 1.29 is 14.3 Å². The van der Waals surface area contributed by atoms with Crippen LogP contribution < -0.4 is 15.0 Å². The number of carbonyl (C=O) groups is 2. The van der Waals surface area contributed by atoms with Gasteiger partial charge in [0.2, 0.25) is 5.91 Å². The number of carbonyl (C=O) groups excluding carboxylic acids is 2. The fraction of sp³-hybridized carbons (Fsp3) is 0.500. The first kappa shape index (κ1) is 22.8. The van der Waals surface area contributed by atoms with E-state index in [1.165, 1.54) is 0 Å². The predicted molar refractivity (Wildman–Crippen MR) is 126 cm³/mol. The van der Waals surface area contributed by atoms with Crippen molar-refractivity contribution in [1.82, 2.24) is 25.3 Å². The quantitative estimate of drug-likeness (QED) is 0.661. The van der Waals surface area contributed by atoms with Crippen LogP contribution in [0.1, 0.15) is 26.2 Å². The molecule has 176 valence electrons. The molecule has 9 heteroatoms. The van der Waals surface area contributed by atoms with Crippen LogP contribution in [0.2, 0.25) is 0 Å². The third kappa shape index (κ3) is 5.71. The molecule has 4 rings (SSSR count). The fourth-order valence-electron chi connectivity index (χ4n) is 3.95. The van der Waals surface area contributed by atoms with Gasteiger partial charge < -0.3 is 24.8 Å². The zero-order valence-corrected chi connectivity index (χ0v) is 19.4. The molecule has 1 aliphatic carbocycles. The van der Waals surface area contributed by atoms with Crippen LogP contribution >= 0.6 is 0 Å². The molecular weight excluding hydrogens is 420 g/mol. The number of hydrogen-bond donors (Lipinski definition) is 1. The van der Waals surface area contributed by atoms with Crippen LogP contribution in [0.5, 0.6) is 5.75 Å². The highest BCUT2D eigenvalue weighted by Crippen LogP contribution is 2.27. The van der Waals surface area contributed by atoms with E-state index in [1.54, 1.807) is 12.0 Å². The summed E-state index contributed by atoms with van der Waals surface area (Å²) in [4.78, 5) is 31.0. The summed E-state index contributed by atoms with van der Waals surface area (Å²) in [5.41, 5.74) is 1.74. The van der Waals surface area contributed by atoms with Gasteiger partial charge in [-0.1, -0.05) is 19.1 Å². The molecule has 1 aromatic carbocycles. The van der Waals surface area contributed by atoms with Crippen molar-refractivity contribution in [2.75, 3.05) is 51.3 Å². The van der Waals surface area contributed by atoms with Gasteiger partial charge in [-0.15, -0.1) is 10.2 Å². The van der Waals surface area contributed by atoms with Crippen molar-refractivity contribution in [3.63, 3.8) is 0 Å². The Labute approximate surface area is 194 Å². The van der Waals surface area contributed by atoms with Crippen molar-refractivity contribution in [3.8, 4) is 17.0 Å². The molecule has 0 atom stereocenters. The van der Waals surface area contributed by atoms with E-state index in [9.17, 15) is 9.59 Å². The average molecular weight is 453 g/mol.